The van der Waals surface area contributed by atoms with E-state index in [4.69, 9.17) is 12.2 Å². The second-order valence-electron chi connectivity index (χ2n) is 6.01. The molecule has 25 heavy (non-hydrogen) atoms. The second kappa shape index (κ2) is 6.14. The van der Waals surface area contributed by atoms with Crippen molar-refractivity contribution in [1.29, 1.82) is 0 Å². The Hall–Kier alpha value is -2.99. The number of anilines is 1. The van der Waals surface area contributed by atoms with Crippen LogP contribution < -0.4 is 15.5 Å². The standard InChI is InChI=1S/C19H15N3O2S/c23-17-16(18(24)21-19(25)20-17)9-12-5-7-15(8-6-12)22-10-13-3-1-2-4-14(13)11-22/h1-9H,10-11H2,(H2,20,21,23,24,25). The fraction of sp³-hybridized carbons (Fsp3) is 0.105. The third-order valence-electron chi connectivity index (χ3n) is 4.35. The van der Waals surface area contributed by atoms with Crippen molar-refractivity contribution < 1.29 is 9.59 Å². The number of carbonyl (C=O) groups excluding carboxylic acids is 2. The molecule has 0 radical (unpaired) electrons. The van der Waals surface area contributed by atoms with Crippen molar-refractivity contribution in [3.63, 3.8) is 0 Å². The summed E-state index contributed by atoms with van der Waals surface area (Å²) in [6, 6.07) is 16.2. The molecule has 2 aromatic carbocycles. The lowest BCUT2D eigenvalue weighted by Gasteiger charge is -2.18. The molecule has 6 heteroatoms. The minimum atomic E-state index is -0.479. The van der Waals surface area contributed by atoms with Gasteiger partial charge < -0.3 is 4.90 Å². The van der Waals surface area contributed by atoms with Crippen molar-refractivity contribution in [1.82, 2.24) is 10.6 Å². The van der Waals surface area contributed by atoms with Crippen LogP contribution in [0, 0.1) is 0 Å². The lowest BCUT2D eigenvalue weighted by molar-refractivity contribution is -0.123. The Kier molecular flexibility index (Phi) is 3.82. The maximum Gasteiger partial charge on any atom is 0.263 e. The van der Waals surface area contributed by atoms with Crippen molar-refractivity contribution in [3.8, 4) is 0 Å². The van der Waals surface area contributed by atoms with E-state index in [2.05, 4.69) is 39.8 Å². The summed E-state index contributed by atoms with van der Waals surface area (Å²) in [6.45, 7) is 1.78. The van der Waals surface area contributed by atoms with E-state index >= 15 is 0 Å². The zero-order chi connectivity index (χ0) is 17.4. The molecular weight excluding hydrogens is 334 g/mol. The van der Waals surface area contributed by atoms with Crippen LogP contribution in [0.3, 0.4) is 0 Å². The number of nitrogens with one attached hydrogen (secondary N) is 2. The summed E-state index contributed by atoms with van der Waals surface area (Å²) in [5.41, 5.74) is 4.64. The Labute approximate surface area is 150 Å². The van der Waals surface area contributed by atoms with Crippen molar-refractivity contribution in [2.75, 3.05) is 4.90 Å². The van der Waals surface area contributed by atoms with Gasteiger partial charge in [0.15, 0.2) is 5.11 Å². The van der Waals surface area contributed by atoms with Gasteiger partial charge in [0.1, 0.15) is 5.57 Å². The van der Waals surface area contributed by atoms with E-state index in [1.165, 1.54) is 11.1 Å². The van der Waals surface area contributed by atoms with Crippen molar-refractivity contribution in [2.24, 2.45) is 0 Å². The van der Waals surface area contributed by atoms with Gasteiger partial charge in [0.2, 0.25) is 0 Å². The Bertz CT molecular complexity index is 872. The van der Waals surface area contributed by atoms with Crippen LogP contribution in [0.2, 0.25) is 0 Å². The molecular formula is C19H15N3O2S. The first-order chi connectivity index (χ1) is 12.1. The van der Waals surface area contributed by atoms with E-state index in [0.29, 0.717) is 0 Å². The van der Waals surface area contributed by atoms with Gasteiger partial charge in [-0.2, -0.15) is 0 Å². The first kappa shape index (κ1) is 15.5. The number of carbonyl (C=O) groups is 2. The number of amides is 2. The maximum atomic E-state index is 11.9. The van der Waals surface area contributed by atoms with Crippen molar-refractivity contribution >= 4 is 40.9 Å². The Morgan fingerprint density at radius 3 is 2.00 bits per heavy atom. The molecule has 4 rings (SSSR count). The van der Waals surface area contributed by atoms with Crippen LogP contribution in [0.1, 0.15) is 16.7 Å². The summed E-state index contributed by atoms with van der Waals surface area (Å²) in [7, 11) is 0. The molecule has 2 N–H and O–H groups in total. The van der Waals surface area contributed by atoms with E-state index < -0.39 is 11.8 Å². The van der Waals surface area contributed by atoms with Gasteiger partial charge in [-0.05, 0) is 47.1 Å². The molecule has 0 unspecified atom stereocenters. The molecule has 0 saturated carbocycles. The topological polar surface area (TPSA) is 61.4 Å². The first-order valence-corrected chi connectivity index (χ1v) is 8.31. The summed E-state index contributed by atoms with van der Waals surface area (Å²) in [5.74, 6) is -0.958. The van der Waals surface area contributed by atoms with Gasteiger partial charge in [0, 0.05) is 18.8 Å². The lowest BCUT2D eigenvalue weighted by atomic mass is 10.1. The molecule has 124 valence electrons. The highest BCUT2D eigenvalue weighted by molar-refractivity contribution is 7.80. The fourth-order valence-corrected chi connectivity index (χ4v) is 3.26. The van der Waals surface area contributed by atoms with Gasteiger partial charge in [-0.25, -0.2) is 0 Å². The molecule has 0 bridgehead atoms. The van der Waals surface area contributed by atoms with E-state index in [-0.39, 0.29) is 10.7 Å². The van der Waals surface area contributed by atoms with Crippen LogP contribution in [0.4, 0.5) is 5.69 Å². The molecule has 2 aliphatic heterocycles. The smallest absolute Gasteiger partial charge is 0.263 e. The SMILES string of the molecule is O=C1NC(=S)NC(=O)C1=Cc1ccc(N2Cc3ccccc3C2)cc1. The fourth-order valence-electron chi connectivity index (χ4n) is 3.07. The predicted molar refractivity (Wildman–Crippen MR) is 99.6 cm³/mol. The Balaban J connectivity index is 1.53. The van der Waals surface area contributed by atoms with Crippen molar-refractivity contribution in [2.45, 2.75) is 13.1 Å². The summed E-state index contributed by atoms with van der Waals surface area (Å²) in [5, 5.41) is 4.90. The van der Waals surface area contributed by atoms with Crippen LogP contribution >= 0.6 is 12.2 Å². The van der Waals surface area contributed by atoms with Gasteiger partial charge in [0.05, 0.1) is 0 Å². The number of hydrogen-bond acceptors (Lipinski definition) is 4. The predicted octanol–water partition coefficient (Wildman–Crippen LogP) is 2.12. The normalized spacial score (nSPS) is 16.4. The molecule has 0 aromatic heterocycles. The third-order valence-corrected chi connectivity index (χ3v) is 4.56. The Morgan fingerprint density at radius 1 is 0.880 bits per heavy atom. The van der Waals surface area contributed by atoms with Crippen LogP contribution in [-0.2, 0) is 22.7 Å². The largest absolute Gasteiger partial charge is 0.363 e. The molecule has 0 atom stereocenters. The maximum absolute atomic E-state index is 11.9. The molecule has 2 aliphatic rings. The van der Waals surface area contributed by atoms with E-state index in [0.717, 1.165) is 24.3 Å². The molecule has 1 fully saturated rings. The molecule has 2 aromatic rings. The number of fused-ring (bicyclic) bond motifs is 1. The van der Waals surface area contributed by atoms with Crippen LogP contribution in [-0.4, -0.2) is 16.9 Å². The Morgan fingerprint density at radius 2 is 1.44 bits per heavy atom. The van der Waals surface area contributed by atoms with Gasteiger partial charge in [-0.15, -0.1) is 0 Å². The molecule has 2 heterocycles. The highest BCUT2D eigenvalue weighted by Crippen LogP contribution is 2.28. The van der Waals surface area contributed by atoms with E-state index in [1.54, 1.807) is 6.08 Å². The van der Waals surface area contributed by atoms with E-state index in [1.807, 2.05) is 24.3 Å². The summed E-state index contributed by atoms with van der Waals surface area (Å²) >= 11 is 4.79. The number of rotatable bonds is 2. The van der Waals surface area contributed by atoms with Gasteiger partial charge in [-0.3, -0.25) is 20.2 Å². The van der Waals surface area contributed by atoms with Gasteiger partial charge in [0.25, 0.3) is 11.8 Å². The average molecular weight is 349 g/mol. The highest BCUT2D eigenvalue weighted by atomic mass is 32.1. The lowest BCUT2D eigenvalue weighted by Crippen LogP contribution is -2.51. The zero-order valence-electron chi connectivity index (χ0n) is 13.3. The van der Waals surface area contributed by atoms with E-state index in [9.17, 15) is 9.59 Å². The molecule has 0 aliphatic carbocycles. The molecule has 2 amide bonds. The zero-order valence-corrected chi connectivity index (χ0v) is 14.1. The minimum absolute atomic E-state index is 0.0381. The summed E-state index contributed by atoms with van der Waals surface area (Å²) in [4.78, 5) is 26.1. The number of hydrogen-bond donors (Lipinski definition) is 2. The number of benzene rings is 2. The highest BCUT2D eigenvalue weighted by Gasteiger charge is 2.25. The average Bonchev–Trinajstić information content (AvgIpc) is 3.03. The van der Waals surface area contributed by atoms with Crippen molar-refractivity contribution in [3.05, 3.63) is 70.8 Å². The van der Waals surface area contributed by atoms with Crippen LogP contribution in [0.25, 0.3) is 6.08 Å². The van der Waals surface area contributed by atoms with Gasteiger partial charge in [-0.1, -0.05) is 36.4 Å². The van der Waals surface area contributed by atoms with Gasteiger partial charge >= 0.3 is 0 Å². The third kappa shape index (κ3) is 3.04. The van der Waals surface area contributed by atoms with Crippen LogP contribution in [0.15, 0.2) is 54.1 Å². The molecule has 1 saturated heterocycles. The summed E-state index contributed by atoms with van der Waals surface area (Å²) in [6.07, 6.45) is 1.56. The quantitative estimate of drug-likeness (QED) is 0.495. The summed E-state index contributed by atoms with van der Waals surface area (Å²) < 4.78 is 0. The molecule has 0 spiro atoms. The number of nitrogens with zero attached hydrogens (tertiary/aromatic N) is 1. The number of thiocarbonyl (C=S) groups is 1. The minimum Gasteiger partial charge on any atom is -0.363 e. The monoisotopic (exact) mass is 349 g/mol. The second-order valence-corrected chi connectivity index (χ2v) is 6.42. The first-order valence-electron chi connectivity index (χ1n) is 7.90. The molecule has 5 nitrogen and oxygen atoms in total. The van der Waals surface area contributed by atoms with Crippen LogP contribution in [0.5, 0.6) is 0 Å².